The average Bonchev–Trinajstić information content (AvgIpc) is 3.05. The van der Waals surface area contributed by atoms with Crippen LogP contribution in [0.1, 0.15) is 60.2 Å². The topological polar surface area (TPSA) is 40.5 Å². The van der Waals surface area contributed by atoms with Gasteiger partial charge < -0.3 is 10.0 Å². The third kappa shape index (κ3) is 5.77. The number of allylic oxidation sites excluding steroid dienone is 1. The number of rotatable bonds is 8. The number of carbonyl (C=O) groups is 1. The second-order valence-corrected chi connectivity index (χ2v) is 10.6. The van der Waals surface area contributed by atoms with Crippen LogP contribution in [0.2, 0.25) is 10.0 Å². The Labute approximate surface area is 230 Å². The summed E-state index contributed by atoms with van der Waals surface area (Å²) in [6.45, 7) is -0.999. The van der Waals surface area contributed by atoms with Gasteiger partial charge in [0.2, 0.25) is 0 Å². The molecule has 0 amide bonds. The van der Waals surface area contributed by atoms with Crippen LogP contribution in [-0.2, 0) is 12.8 Å². The Morgan fingerprint density at radius 2 is 1.78 bits per heavy atom. The van der Waals surface area contributed by atoms with E-state index in [0.717, 1.165) is 64.6 Å². The minimum Gasteiger partial charge on any atom is -0.478 e. The Balaban J connectivity index is 1.48. The zero-order chi connectivity index (χ0) is 27.7. The number of likely N-dealkylation sites (tertiary alicyclic amines) is 1. The van der Waals surface area contributed by atoms with Gasteiger partial charge in [0.25, 0.3) is 0 Å². The lowest BCUT2D eigenvalue weighted by Crippen LogP contribution is -2.47. The monoisotopic (exact) mass is 539 g/mol. The molecule has 2 aliphatic rings. The Hall–Kier alpha value is -2.66. The maximum Gasteiger partial charge on any atom is 0.335 e. The summed E-state index contributed by atoms with van der Waals surface area (Å²) in [6.07, 6.45) is 3.14. The number of hydrogen-bond donors (Lipinski definition) is 1. The van der Waals surface area contributed by atoms with Crippen LogP contribution in [0.15, 0.2) is 60.7 Å². The average molecular weight is 541 g/mol. The predicted octanol–water partition coefficient (Wildman–Crippen LogP) is 7.82. The molecule has 0 radical (unpaired) electrons. The van der Waals surface area contributed by atoms with E-state index in [0.29, 0.717) is 29.1 Å². The molecule has 1 aliphatic heterocycles. The lowest BCUT2D eigenvalue weighted by Gasteiger charge is -2.39. The van der Waals surface area contributed by atoms with E-state index in [1.54, 1.807) is 23.1 Å². The second-order valence-electron chi connectivity index (χ2n) is 9.78. The number of nitrogens with zero attached hydrogens (tertiary/aromatic N) is 1. The van der Waals surface area contributed by atoms with Crippen LogP contribution < -0.4 is 0 Å². The molecule has 1 saturated heterocycles. The molecular weight excluding hydrogens is 508 g/mol. The van der Waals surface area contributed by atoms with E-state index in [2.05, 4.69) is 24.3 Å². The third-order valence-corrected chi connectivity index (χ3v) is 7.75. The van der Waals surface area contributed by atoms with Crippen molar-refractivity contribution in [1.29, 1.82) is 0 Å². The predicted molar refractivity (Wildman–Crippen MR) is 149 cm³/mol. The quantitative estimate of drug-likeness (QED) is 0.317. The number of hydrogen-bond acceptors (Lipinski definition) is 2. The molecule has 0 saturated carbocycles. The first kappa shape index (κ1) is 23.5. The van der Waals surface area contributed by atoms with E-state index in [1.165, 1.54) is 0 Å². The van der Waals surface area contributed by atoms with Gasteiger partial charge in [-0.25, -0.2) is 4.79 Å². The summed E-state index contributed by atoms with van der Waals surface area (Å²) in [6, 6.07) is 19.3. The zero-order valence-corrected chi connectivity index (χ0v) is 22.0. The molecule has 0 bridgehead atoms. The number of fused-ring (bicyclic) bond motifs is 1. The van der Waals surface area contributed by atoms with Crippen molar-refractivity contribution in [2.24, 2.45) is 5.92 Å². The number of aryl methyl sites for hydroxylation is 1. The lowest BCUT2D eigenvalue weighted by molar-refractivity contribution is 0.0696. The summed E-state index contributed by atoms with van der Waals surface area (Å²) >= 11 is 12.9. The highest BCUT2D eigenvalue weighted by Gasteiger charge is 2.26. The summed E-state index contributed by atoms with van der Waals surface area (Å²) in [7, 11) is 0. The van der Waals surface area contributed by atoms with Gasteiger partial charge in [-0.15, -0.1) is 0 Å². The van der Waals surface area contributed by atoms with Gasteiger partial charge in [0.1, 0.15) is 0 Å². The second kappa shape index (κ2) is 11.4. The molecule has 37 heavy (non-hydrogen) atoms. The van der Waals surface area contributed by atoms with Crippen LogP contribution in [0.5, 0.6) is 0 Å². The molecule has 192 valence electrons. The van der Waals surface area contributed by atoms with Crippen molar-refractivity contribution in [1.82, 2.24) is 4.90 Å². The van der Waals surface area contributed by atoms with Crippen LogP contribution in [0.4, 0.5) is 4.39 Å². The van der Waals surface area contributed by atoms with Crippen LogP contribution in [0.25, 0.3) is 11.1 Å². The molecule has 1 N–H and O–H groups in total. The van der Waals surface area contributed by atoms with Crippen LogP contribution >= 0.6 is 23.2 Å². The molecule has 0 aromatic heterocycles. The van der Waals surface area contributed by atoms with Crippen LogP contribution in [-0.4, -0.2) is 42.2 Å². The number of halogens is 3. The molecule has 1 aliphatic carbocycles. The number of benzene rings is 3. The maximum atomic E-state index is 12.7. The SMILES string of the molecule is [2H]C([2H])(CCF)N1CC(Cc2ccc(C3=C(c4ccc(Cl)cc4Cl)CCCc4cc(C(=O)O)ccc43)cc2)C1. The van der Waals surface area contributed by atoms with E-state index < -0.39 is 19.1 Å². The molecule has 5 rings (SSSR count). The molecule has 0 unspecified atom stereocenters. The molecule has 3 aromatic rings. The van der Waals surface area contributed by atoms with Crippen molar-refractivity contribution in [3.05, 3.63) is 104 Å². The fourth-order valence-corrected chi connectivity index (χ4v) is 5.95. The summed E-state index contributed by atoms with van der Waals surface area (Å²) < 4.78 is 28.7. The third-order valence-electron chi connectivity index (χ3n) is 7.21. The lowest BCUT2D eigenvalue weighted by atomic mass is 9.86. The van der Waals surface area contributed by atoms with Crippen molar-refractivity contribution in [2.75, 3.05) is 26.3 Å². The first-order valence-electron chi connectivity index (χ1n) is 13.6. The number of alkyl halides is 1. The number of aromatic carboxylic acids is 1. The first-order valence-corrected chi connectivity index (χ1v) is 13.4. The van der Waals surface area contributed by atoms with Gasteiger partial charge in [0.15, 0.2) is 0 Å². The molecule has 6 heteroatoms. The van der Waals surface area contributed by atoms with E-state index in [4.69, 9.17) is 25.9 Å². The van der Waals surface area contributed by atoms with Gasteiger partial charge >= 0.3 is 5.97 Å². The summed E-state index contributed by atoms with van der Waals surface area (Å²) in [4.78, 5) is 13.4. The smallest absolute Gasteiger partial charge is 0.335 e. The normalized spacial score (nSPS) is 17.5. The number of carboxylic acids is 1. The molecule has 0 atom stereocenters. The maximum absolute atomic E-state index is 12.7. The van der Waals surface area contributed by atoms with E-state index in [1.807, 2.05) is 18.2 Å². The number of carboxylic acid groups (broad SMARTS) is 1. The van der Waals surface area contributed by atoms with Gasteiger partial charge in [-0.1, -0.05) is 59.6 Å². The highest BCUT2D eigenvalue weighted by Crippen LogP contribution is 2.42. The van der Waals surface area contributed by atoms with E-state index in [-0.39, 0.29) is 12.0 Å². The van der Waals surface area contributed by atoms with E-state index >= 15 is 0 Å². The Bertz CT molecular complexity index is 1420. The van der Waals surface area contributed by atoms with Crippen LogP contribution in [0, 0.1) is 5.92 Å². The van der Waals surface area contributed by atoms with Crippen molar-refractivity contribution in [2.45, 2.75) is 32.1 Å². The van der Waals surface area contributed by atoms with Gasteiger partial charge in [0, 0.05) is 32.4 Å². The zero-order valence-electron chi connectivity index (χ0n) is 22.4. The molecule has 3 nitrogen and oxygen atoms in total. The minimum atomic E-state index is -1.59. The van der Waals surface area contributed by atoms with Gasteiger partial charge in [0.05, 0.1) is 12.2 Å². The largest absolute Gasteiger partial charge is 0.478 e. The Kier molecular flexibility index (Phi) is 7.22. The fraction of sp³-hybridized carbons (Fsp3) is 0.323. The van der Waals surface area contributed by atoms with Crippen molar-refractivity contribution in [3.8, 4) is 0 Å². The molecular formula is C31H30Cl2FNO2. The van der Waals surface area contributed by atoms with Gasteiger partial charge in [-0.3, -0.25) is 4.39 Å². The van der Waals surface area contributed by atoms with Crippen molar-refractivity contribution < 1.29 is 17.0 Å². The highest BCUT2D eigenvalue weighted by molar-refractivity contribution is 6.36. The highest BCUT2D eigenvalue weighted by atomic mass is 35.5. The van der Waals surface area contributed by atoms with Crippen molar-refractivity contribution >= 4 is 40.3 Å². The summed E-state index contributed by atoms with van der Waals surface area (Å²) in [5.41, 5.74) is 7.56. The molecule has 1 heterocycles. The van der Waals surface area contributed by atoms with Crippen LogP contribution in [0.3, 0.4) is 0 Å². The molecule has 1 fully saturated rings. The van der Waals surface area contributed by atoms with Gasteiger partial charge in [-0.2, -0.15) is 0 Å². The van der Waals surface area contributed by atoms with E-state index in [9.17, 15) is 14.3 Å². The Morgan fingerprint density at radius 1 is 1.03 bits per heavy atom. The van der Waals surface area contributed by atoms with Gasteiger partial charge in [-0.05, 0) is 101 Å². The standard InChI is InChI=1S/C31H30Cl2FNO2/c32-25-10-12-27(29(33)17-25)28-4-1-3-23-16-24(31(36)37)9-11-26(23)30(28)22-7-5-20(6-8-22)15-21-18-35(19-21)14-2-13-34/h5-12,16-17,21H,1-4,13-15,18-19H2,(H,36,37)/i14D2. The minimum absolute atomic E-state index is 0.0983. The first-order chi connectivity index (χ1) is 18.7. The fourth-order valence-electron chi connectivity index (χ4n) is 5.42. The molecule has 3 aromatic carbocycles. The Morgan fingerprint density at radius 3 is 2.49 bits per heavy atom. The van der Waals surface area contributed by atoms with Crippen molar-refractivity contribution in [3.63, 3.8) is 0 Å². The molecule has 0 spiro atoms. The summed E-state index contributed by atoms with van der Waals surface area (Å²) in [5, 5.41) is 10.7. The summed E-state index contributed by atoms with van der Waals surface area (Å²) in [5.74, 6) is -0.605.